The third-order valence-corrected chi connectivity index (χ3v) is 4.30. The molecule has 0 atom stereocenters. The molecule has 0 saturated carbocycles. The van der Waals surface area contributed by atoms with Crippen LogP contribution in [0.25, 0.3) is 0 Å². The fraction of sp³-hybridized carbons (Fsp3) is 0.350. The van der Waals surface area contributed by atoms with Crippen LogP contribution in [0.3, 0.4) is 0 Å². The molecular formula is C20H24N4O3. The van der Waals surface area contributed by atoms with Crippen LogP contribution < -0.4 is 10.1 Å². The van der Waals surface area contributed by atoms with Gasteiger partial charge in [0.15, 0.2) is 11.5 Å². The Kier molecular flexibility index (Phi) is 5.30. The molecule has 142 valence electrons. The van der Waals surface area contributed by atoms with Crippen LogP contribution in [0.5, 0.6) is 5.75 Å². The molecule has 0 unspecified atom stereocenters. The second kappa shape index (κ2) is 7.65. The molecule has 1 amide bonds. The quantitative estimate of drug-likeness (QED) is 0.712. The predicted molar refractivity (Wildman–Crippen MR) is 102 cm³/mol. The van der Waals surface area contributed by atoms with Crippen molar-refractivity contribution < 1.29 is 14.1 Å². The molecule has 7 nitrogen and oxygen atoms in total. The molecule has 0 radical (unpaired) electrons. The van der Waals surface area contributed by atoms with E-state index in [1.807, 2.05) is 50.6 Å². The van der Waals surface area contributed by atoms with Gasteiger partial charge in [-0.15, -0.1) is 0 Å². The van der Waals surface area contributed by atoms with Gasteiger partial charge in [0.05, 0.1) is 5.56 Å². The van der Waals surface area contributed by atoms with Gasteiger partial charge < -0.3 is 14.6 Å². The molecule has 0 bridgehead atoms. The molecule has 7 heteroatoms. The van der Waals surface area contributed by atoms with Crippen LogP contribution >= 0.6 is 0 Å². The molecule has 1 aromatic carbocycles. The highest BCUT2D eigenvalue weighted by atomic mass is 16.5. The van der Waals surface area contributed by atoms with Gasteiger partial charge in [0.2, 0.25) is 0 Å². The van der Waals surface area contributed by atoms with Gasteiger partial charge >= 0.3 is 0 Å². The number of carbonyl (C=O) groups excluding carboxylic acids is 1. The number of benzene rings is 1. The first-order valence-electron chi connectivity index (χ1n) is 8.89. The lowest BCUT2D eigenvalue weighted by Gasteiger charge is -2.08. The maximum atomic E-state index is 12.6. The Balaban J connectivity index is 1.76. The highest BCUT2D eigenvalue weighted by Crippen LogP contribution is 2.21. The number of amides is 1. The molecule has 0 spiro atoms. The lowest BCUT2D eigenvalue weighted by Crippen LogP contribution is -2.16. The van der Waals surface area contributed by atoms with Crippen LogP contribution in [-0.4, -0.2) is 20.8 Å². The van der Waals surface area contributed by atoms with Crippen molar-refractivity contribution in [2.75, 3.05) is 5.32 Å². The van der Waals surface area contributed by atoms with Crippen molar-refractivity contribution in [1.29, 1.82) is 0 Å². The van der Waals surface area contributed by atoms with E-state index < -0.39 is 0 Å². The Morgan fingerprint density at radius 3 is 2.48 bits per heavy atom. The fourth-order valence-electron chi connectivity index (χ4n) is 2.98. The van der Waals surface area contributed by atoms with Crippen molar-refractivity contribution in [2.45, 2.75) is 47.8 Å². The number of aryl methyl sites for hydroxylation is 5. The Morgan fingerprint density at radius 2 is 1.85 bits per heavy atom. The Hall–Kier alpha value is -3.09. The van der Waals surface area contributed by atoms with Crippen molar-refractivity contribution in [3.63, 3.8) is 0 Å². The van der Waals surface area contributed by atoms with Gasteiger partial charge in [-0.3, -0.25) is 9.48 Å². The monoisotopic (exact) mass is 368 g/mol. The summed E-state index contributed by atoms with van der Waals surface area (Å²) in [4.78, 5) is 12.6. The van der Waals surface area contributed by atoms with E-state index in [9.17, 15) is 4.79 Å². The second-order valence-electron chi connectivity index (χ2n) is 6.62. The van der Waals surface area contributed by atoms with Crippen LogP contribution in [0.1, 0.15) is 45.6 Å². The van der Waals surface area contributed by atoms with Gasteiger partial charge in [-0.2, -0.15) is 5.10 Å². The Labute approximate surface area is 158 Å². The normalized spacial score (nSPS) is 10.9. The van der Waals surface area contributed by atoms with Gasteiger partial charge in [0.25, 0.3) is 5.91 Å². The zero-order valence-corrected chi connectivity index (χ0v) is 16.3. The molecule has 0 saturated heterocycles. The molecule has 1 N–H and O–H groups in total. The average molecular weight is 368 g/mol. The first kappa shape index (κ1) is 18.7. The van der Waals surface area contributed by atoms with E-state index in [1.165, 1.54) is 0 Å². The third-order valence-electron chi connectivity index (χ3n) is 4.30. The molecule has 0 aliphatic rings. The minimum Gasteiger partial charge on any atom is -0.489 e. The van der Waals surface area contributed by atoms with E-state index in [-0.39, 0.29) is 18.2 Å². The first-order valence-corrected chi connectivity index (χ1v) is 8.89. The van der Waals surface area contributed by atoms with Gasteiger partial charge in [0.1, 0.15) is 18.1 Å². The highest BCUT2D eigenvalue weighted by Gasteiger charge is 2.21. The van der Waals surface area contributed by atoms with Gasteiger partial charge in [-0.25, -0.2) is 0 Å². The van der Waals surface area contributed by atoms with E-state index >= 15 is 0 Å². The summed E-state index contributed by atoms with van der Waals surface area (Å²) >= 11 is 0. The number of carbonyl (C=O) groups is 1. The minimum absolute atomic E-state index is 0.198. The summed E-state index contributed by atoms with van der Waals surface area (Å²) in [7, 11) is 0. The molecule has 0 aliphatic carbocycles. The molecule has 0 fully saturated rings. The zero-order valence-electron chi connectivity index (χ0n) is 16.3. The van der Waals surface area contributed by atoms with Crippen LogP contribution in [0.4, 0.5) is 5.82 Å². The topological polar surface area (TPSA) is 82.2 Å². The number of hydrogen-bond donors (Lipinski definition) is 1. The molecular weight excluding hydrogens is 344 g/mol. The van der Waals surface area contributed by atoms with Crippen molar-refractivity contribution in [3.8, 4) is 5.75 Å². The predicted octanol–water partition coefficient (Wildman–Crippen LogP) is 3.96. The number of ether oxygens (including phenoxy) is 1. The molecule has 27 heavy (non-hydrogen) atoms. The van der Waals surface area contributed by atoms with Gasteiger partial charge in [-0.1, -0.05) is 11.2 Å². The molecule has 3 aromatic rings. The summed E-state index contributed by atoms with van der Waals surface area (Å²) in [6.45, 7) is 10.7. The van der Waals surface area contributed by atoms with E-state index in [1.54, 1.807) is 6.92 Å². The number of nitrogens with zero attached hydrogens (tertiary/aromatic N) is 3. The van der Waals surface area contributed by atoms with E-state index in [0.717, 1.165) is 29.1 Å². The van der Waals surface area contributed by atoms with Crippen molar-refractivity contribution in [2.24, 2.45) is 0 Å². The summed E-state index contributed by atoms with van der Waals surface area (Å²) in [5.41, 5.74) is 4.04. The second-order valence-corrected chi connectivity index (χ2v) is 6.62. The lowest BCUT2D eigenvalue weighted by atomic mass is 10.1. The summed E-state index contributed by atoms with van der Waals surface area (Å²) in [5.74, 6) is 1.42. The van der Waals surface area contributed by atoms with Crippen LogP contribution in [0.15, 0.2) is 28.8 Å². The van der Waals surface area contributed by atoms with Crippen LogP contribution in [0.2, 0.25) is 0 Å². The number of nitrogens with one attached hydrogen (secondary N) is 1. The van der Waals surface area contributed by atoms with Crippen molar-refractivity contribution in [3.05, 3.63) is 58.1 Å². The number of anilines is 1. The average Bonchev–Trinajstić information content (AvgIpc) is 3.14. The molecule has 0 aliphatic heterocycles. The Morgan fingerprint density at radius 1 is 1.15 bits per heavy atom. The third kappa shape index (κ3) is 4.19. The number of hydrogen-bond acceptors (Lipinski definition) is 5. The largest absolute Gasteiger partial charge is 0.489 e. The smallest absolute Gasteiger partial charge is 0.279 e. The fourth-order valence-corrected chi connectivity index (χ4v) is 2.98. The van der Waals surface area contributed by atoms with Crippen molar-refractivity contribution >= 4 is 11.7 Å². The van der Waals surface area contributed by atoms with Crippen LogP contribution in [-0.2, 0) is 13.2 Å². The number of aromatic nitrogens is 3. The summed E-state index contributed by atoms with van der Waals surface area (Å²) in [5, 5.41) is 11.0. The maximum absolute atomic E-state index is 12.6. The van der Waals surface area contributed by atoms with Crippen molar-refractivity contribution in [1.82, 2.24) is 14.9 Å². The molecule has 2 heterocycles. The van der Waals surface area contributed by atoms with Crippen LogP contribution in [0, 0.1) is 27.7 Å². The van der Waals surface area contributed by atoms with Gasteiger partial charge in [-0.05, 0) is 57.9 Å². The minimum atomic E-state index is -0.369. The van der Waals surface area contributed by atoms with E-state index in [0.29, 0.717) is 17.1 Å². The summed E-state index contributed by atoms with van der Waals surface area (Å²) in [6, 6.07) is 7.80. The SMILES string of the molecule is CCn1nc(NC(=O)c2noc(C)c2COc2cc(C)cc(C)c2)cc1C. The molecule has 2 aromatic heterocycles. The maximum Gasteiger partial charge on any atom is 0.279 e. The zero-order chi connectivity index (χ0) is 19.6. The highest BCUT2D eigenvalue weighted by molar-refractivity contribution is 6.03. The standard InChI is InChI=1S/C20H24N4O3/c1-6-24-14(4)10-18(22-24)21-20(25)19-17(15(5)27-23-19)11-26-16-8-12(2)7-13(3)9-16/h7-10H,6,11H2,1-5H3,(H,21,22,25). The first-order chi connectivity index (χ1) is 12.9. The summed E-state index contributed by atoms with van der Waals surface area (Å²) in [6.07, 6.45) is 0. The number of rotatable bonds is 6. The Bertz CT molecular complexity index is 952. The van der Waals surface area contributed by atoms with E-state index in [4.69, 9.17) is 9.26 Å². The lowest BCUT2D eigenvalue weighted by molar-refractivity contribution is 0.101. The van der Waals surface area contributed by atoms with E-state index in [2.05, 4.69) is 21.6 Å². The van der Waals surface area contributed by atoms with Gasteiger partial charge in [0, 0.05) is 18.3 Å². The molecule has 3 rings (SSSR count). The summed E-state index contributed by atoms with van der Waals surface area (Å²) < 4.78 is 12.9.